The van der Waals surface area contributed by atoms with Crippen LogP contribution in [0.25, 0.3) is 0 Å². The minimum absolute atomic E-state index is 0.169. The first kappa shape index (κ1) is 20.0. The third kappa shape index (κ3) is 5.31. The molecule has 8 heteroatoms. The molecule has 1 aromatic heterocycles. The summed E-state index contributed by atoms with van der Waals surface area (Å²) in [5.74, 6) is -1.01. The van der Waals surface area contributed by atoms with E-state index in [9.17, 15) is 14.7 Å². The lowest BCUT2D eigenvalue weighted by Crippen LogP contribution is -2.30. The number of hydrogen-bond acceptors (Lipinski definition) is 6. The average Bonchev–Trinajstić information content (AvgIpc) is 2.93. The molecular weight excluding hydrogens is 348 g/mol. The minimum atomic E-state index is -1.01. The Bertz CT molecular complexity index is 890. The highest BCUT2D eigenvalue weighted by atomic mass is 16.6. The maximum Gasteiger partial charge on any atom is 0.420 e. The maximum atomic E-state index is 12.3. The van der Waals surface area contributed by atoms with E-state index in [4.69, 9.17) is 10.00 Å². The third-order valence-electron chi connectivity index (χ3n) is 3.71. The lowest BCUT2D eigenvalue weighted by atomic mass is 10.2. The van der Waals surface area contributed by atoms with Crippen LogP contribution in [0.2, 0.25) is 0 Å². The van der Waals surface area contributed by atoms with Crippen LogP contribution in [0.15, 0.2) is 30.6 Å². The number of nitrogens with zero attached hydrogens (tertiary/aromatic N) is 4. The molecule has 0 saturated carbocycles. The predicted octanol–water partition coefficient (Wildman–Crippen LogP) is 2.94. The topological polar surface area (TPSA) is 108 Å². The Balaban J connectivity index is 2.29. The summed E-state index contributed by atoms with van der Waals surface area (Å²) in [6.45, 7) is 6.94. The summed E-state index contributed by atoms with van der Waals surface area (Å²) in [5.41, 5.74) is 1.49. The molecule has 8 nitrogen and oxygen atoms in total. The van der Waals surface area contributed by atoms with Crippen molar-refractivity contribution in [2.45, 2.75) is 39.8 Å². The second kappa shape index (κ2) is 7.91. The molecule has 0 radical (unpaired) electrons. The van der Waals surface area contributed by atoms with E-state index in [0.29, 0.717) is 22.6 Å². The number of carboxylic acid groups (broad SMARTS) is 1. The fourth-order valence-corrected chi connectivity index (χ4v) is 2.45. The molecule has 0 spiro atoms. The molecule has 1 aromatic carbocycles. The van der Waals surface area contributed by atoms with Crippen molar-refractivity contribution in [1.82, 2.24) is 9.55 Å². The normalized spacial score (nSPS) is 10.9. The van der Waals surface area contributed by atoms with E-state index in [0.717, 1.165) is 0 Å². The van der Waals surface area contributed by atoms with Gasteiger partial charge in [0.25, 0.3) is 0 Å². The molecule has 0 aliphatic carbocycles. The van der Waals surface area contributed by atoms with Gasteiger partial charge in [0.15, 0.2) is 0 Å². The molecule has 0 aliphatic rings. The zero-order valence-electron chi connectivity index (χ0n) is 15.8. The second-order valence-corrected chi connectivity index (χ2v) is 7.04. The Hall–Kier alpha value is -3.34. The number of benzene rings is 1. The molecule has 2 aromatic rings. The van der Waals surface area contributed by atoms with Gasteiger partial charge >= 0.3 is 12.1 Å². The zero-order chi connectivity index (χ0) is 20.2. The average molecular weight is 370 g/mol. The lowest BCUT2D eigenvalue weighted by Gasteiger charge is -2.23. The molecule has 0 aliphatic heterocycles. The Morgan fingerprint density at radius 3 is 2.67 bits per heavy atom. The molecule has 2 rings (SSSR count). The first-order chi connectivity index (χ1) is 12.6. The number of hydrogen-bond donors (Lipinski definition) is 1. The summed E-state index contributed by atoms with van der Waals surface area (Å²) in [5, 5.41) is 18.3. The van der Waals surface area contributed by atoms with Crippen molar-refractivity contribution < 1.29 is 19.4 Å². The van der Waals surface area contributed by atoms with Gasteiger partial charge in [0, 0.05) is 5.69 Å². The highest BCUT2D eigenvalue weighted by Crippen LogP contribution is 2.20. The number of nitriles is 1. The number of carbonyl (C=O) groups is 2. The van der Waals surface area contributed by atoms with Crippen molar-refractivity contribution in [3.05, 3.63) is 47.5 Å². The van der Waals surface area contributed by atoms with Crippen molar-refractivity contribution in [3.8, 4) is 6.07 Å². The Labute approximate surface area is 157 Å². The summed E-state index contributed by atoms with van der Waals surface area (Å²) in [4.78, 5) is 29.4. The van der Waals surface area contributed by atoms with E-state index in [1.165, 1.54) is 10.9 Å². The quantitative estimate of drug-likeness (QED) is 0.862. The molecule has 0 amide bonds. The first-order valence-corrected chi connectivity index (χ1v) is 8.34. The van der Waals surface area contributed by atoms with E-state index in [1.807, 2.05) is 6.07 Å². The van der Waals surface area contributed by atoms with E-state index in [1.54, 1.807) is 56.9 Å². The predicted molar refractivity (Wildman–Crippen MR) is 98.4 cm³/mol. The highest BCUT2D eigenvalue weighted by molar-refractivity contribution is 5.74. The number of aliphatic carboxylic acids is 1. The van der Waals surface area contributed by atoms with Gasteiger partial charge in [-0.1, -0.05) is 6.07 Å². The zero-order valence-corrected chi connectivity index (χ0v) is 15.8. The number of ether oxygens (including phenoxy) is 1. The monoisotopic (exact) mass is 370 g/mol. The van der Waals surface area contributed by atoms with Gasteiger partial charge in [0.2, 0.25) is 0 Å². The molecule has 27 heavy (non-hydrogen) atoms. The van der Waals surface area contributed by atoms with Crippen LogP contribution in [0.4, 0.5) is 10.5 Å². The standard InChI is InChI=1S/C19H22N4O4/c1-13-16(21-12-23(13)18(26)27-19(2,3)4)10-22(11-17(24)25)15-7-5-6-14(8-15)9-20/h5-8,12H,10-11H2,1-4H3,(H,24,25). The molecule has 0 bridgehead atoms. The van der Waals surface area contributed by atoms with Crippen LogP contribution >= 0.6 is 0 Å². The SMILES string of the molecule is Cc1c(CN(CC(=O)O)c2cccc(C#N)c2)ncn1C(=O)OC(C)(C)C. The van der Waals surface area contributed by atoms with Crippen molar-refractivity contribution >= 4 is 17.7 Å². The smallest absolute Gasteiger partial charge is 0.420 e. The number of carboxylic acids is 1. The number of anilines is 1. The molecule has 0 fully saturated rings. The number of imidazole rings is 1. The number of rotatable bonds is 5. The molecule has 142 valence electrons. The summed E-state index contributed by atoms with van der Waals surface area (Å²) in [6.07, 6.45) is 0.818. The van der Waals surface area contributed by atoms with Crippen LogP contribution in [-0.2, 0) is 16.1 Å². The summed E-state index contributed by atoms with van der Waals surface area (Å²) in [6, 6.07) is 8.71. The van der Waals surface area contributed by atoms with Gasteiger partial charge in [-0.05, 0) is 45.9 Å². The van der Waals surface area contributed by atoms with Gasteiger partial charge in [-0.25, -0.2) is 14.3 Å². The van der Waals surface area contributed by atoms with Gasteiger partial charge in [0.1, 0.15) is 18.5 Å². The van der Waals surface area contributed by atoms with Gasteiger partial charge in [-0.2, -0.15) is 5.26 Å². The van der Waals surface area contributed by atoms with E-state index in [-0.39, 0.29) is 13.1 Å². The van der Waals surface area contributed by atoms with Crippen molar-refractivity contribution in [1.29, 1.82) is 5.26 Å². The number of aromatic nitrogens is 2. The van der Waals surface area contributed by atoms with Gasteiger partial charge in [0.05, 0.1) is 29.6 Å². The largest absolute Gasteiger partial charge is 0.480 e. The number of carbonyl (C=O) groups excluding carboxylic acids is 1. The molecule has 1 heterocycles. The van der Waals surface area contributed by atoms with Gasteiger partial charge in [-0.3, -0.25) is 4.79 Å². The van der Waals surface area contributed by atoms with Gasteiger partial charge in [-0.15, -0.1) is 0 Å². The highest BCUT2D eigenvalue weighted by Gasteiger charge is 2.22. The molecule has 0 saturated heterocycles. The van der Waals surface area contributed by atoms with Crippen LogP contribution in [0.1, 0.15) is 37.7 Å². The third-order valence-corrected chi connectivity index (χ3v) is 3.71. The minimum Gasteiger partial charge on any atom is -0.480 e. The fraction of sp³-hybridized carbons (Fsp3) is 0.368. The molecule has 0 unspecified atom stereocenters. The summed E-state index contributed by atoms with van der Waals surface area (Å²) >= 11 is 0. The second-order valence-electron chi connectivity index (χ2n) is 7.04. The molecule has 0 atom stereocenters. The maximum absolute atomic E-state index is 12.3. The first-order valence-electron chi connectivity index (χ1n) is 8.34. The van der Waals surface area contributed by atoms with E-state index < -0.39 is 17.7 Å². The molecule has 1 N–H and O–H groups in total. The Morgan fingerprint density at radius 2 is 2.07 bits per heavy atom. The van der Waals surface area contributed by atoms with Crippen molar-refractivity contribution in [2.24, 2.45) is 0 Å². The van der Waals surface area contributed by atoms with Crippen molar-refractivity contribution in [3.63, 3.8) is 0 Å². The Kier molecular flexibility index (Phi) is 5.85. The van der Waals surface area contributed by atoms with Crippen LogP contribution in [-0.4, -0.2) is 38.9 Å². The van der Waals surface area contributed by atoms with Crippen molar-refractivity contribution in [2.75, 3.05) is 11.4 Å². The summed E-state index contributed by atoms with van der Waals surface area (Å²) < 4.78 is 6.64. The van der Waals surface area contributed by atoms with E-state index >= 15 is 0 Å². The van der Waals surface area contributed by atoms with Crippen LogP contribution in [0, 0.1) is 18.3 Å². The van der Waals surface area contributed by atoms with Gasteiger partial charge < -0.3 is 14.7 Å². The lowest BCUT2D eigenvalue weighted by molar-refractivity contribution is -0.135. The molecular formula is C19H22N4O4. The van der Waals surface area contributed by atoms with Crippen LogP contribution in [0.3, 0.4) is 0 Å². The van der Waals surface area contributed by atoms with E-state index in [2.05, 4.69) is 4.98 Å². The fourth-order valence-electron chi connectivity index (χ4n) is 2.45. The summed E-state index contributed by atoms with van der Waals surface area (Å²) in [7, 11) is 0. The van der Waals surface area contributed by atoms with Crippen LogP contribution in [0.5, 0.6) is 0 Å². The van der Waals surface area contributed by atoms with Crippen LogP contribution < -0.4 is 4.90 Å². The Morgan fingerprint density at radius 1 is 1.37 bits per heavy atom.